The van der Waals surface area contributed by atoms with Gasteiger partial charge in [-0.15, -0.1) is 0 Å². The minimum Gasteiger partial charge on any atom is -0.394 e. The Morgan fingerprint density at radius 2 is 1.89 bits per heavy atom. The molecule has 1 aliphatic rings. The van der Waals surface area contributed by atoms with Crippen LogP contribution in [0.2, 0.25) is 0 Å². The van der Waals surface area contributed by atoms with Gasteiger partial charge in [0.25, 0.3) is 5.56 Å². The van der Waals surface area contributed by atoms with Gasteiger partial charge in [-0.1, -0.05) is 30.3 Å². The molecule has 3 aromatic rings. The molecule has 0 saturated carbocycles. The number of aromatic nitrogens is 4. The predicted molar refractivity (Wildman–Crippen MR) is 97.6 cm³/mol. The minimum absolute atomic E-state index is 0.0409. The number of nitrogens with two attached hydrogens (primary N) is 1. The summed E-state index contributed by atoms with van der Waals surface area (Å²) < 4.78 is 7.64. The molecule has 0 radical (unpaired) electrons. The largest absolute Gasteiger partial charge is 0.394 e. The van der Waals surface area contributed by atoms with Crippen molar-refractivity contribution in [3.8, 4) is 0 Å². The second kappa shape index (κ2) is 6.87. The van der Waals surface area contributed by atoms with E-state index in [0.29, 0.717) is 0 Å². The van der Waals surface area contributed by atoms with Crippen molar-refractivity contribution in [1.82, 2.24) is 19.1 Å². The van der Waals surface area contributed by atoms with Gasteiger partial charge in [0.05, 0.1) is 13.2 Å². The molecular weight excluding hydrogens is 370 g/mol. The summed E-state index contributed by atoms with van der Waals surface area (Å²) in [5.74, 6) is -0.213. The predicted octanol–water partition coefficient (Wildman–Crippen LogP) is -1.87. The van der Waals surface area contributed by atoms with Gasteiger partial charge in [0.1, 0.15) is 18.3 Å². The second-order valence-electron chi connectivity index (χ2n) is 6.58. The van der Waals surface area contributed by atoms with Crippen molar-refractivity contribution < 1.29 is 20.1 Å². The third-order valence-electron chi connectivity index (χ3n) is 4.79. The van der Waals surface area contributed by atoms with E-state index >= 15 is 0 Å². The van der Waals surface area contributed by atoms with Crippen LogP contribution in [0.15, 0.2) is 39.9 Å². The number of nitrogen functional groups attached to an aromatic ring is 1. The standard InChI is InChI=1S/C17H19N5O6/c18-16-19-13-10(14(26)20-16)21(6-8-4-2-1-3-5-8)17(27)22(13)15-12(25)11(24)9(7-23)28-15/h1-5,9,11-12,15,23-25H,6-7H2,(H3,18,19,20,26)/t9?,11-,12-,15?/m1/s1. The van der Waals surface area contributed by atoms with Crippen LogP contribution in [0.1, 0.15) is 11.8 Å². The molecule has 2 unspecified atom stereocenters. The molecule has 1 aliphatic heterocycles. The van der Waals surface area contributed by atoms with Crippen LogP contribution >= 0.6 is 0 Å². The lowest BCUT2D eigenvalue weighted by Crippen LogP contribution is -2.36. The van der Waals surface area contributed by atoms with E-state index in [4.69, 9.17) is 10.5 Å². The summed E-state index contributed by atoms with van der Waals surface area (Å²) in [7, 11) is 0. The SMILES string of the molecule is Nc1nc2c(c(=O)[nH]1)n(Cc1ccccc1)c(=O)n2C1OC(CO)[C@@H](O)[C@H]1O. The number of ether oxygens (including phenoxy) is 1. The van der Waals surface area contributed by atoms with Crippen molar-refractivity contribution >= 4 is 17.1 Å². The first-order valence-corrected chi connectivity index (χ1v) is 8.59. The summed E-state index contributed by atoms with van der Waals surface area (Å²) in [6, 6.07) is 9.00. The van der Waals surface area contributed by atoms with Gasteiger partial charge in [0, 0.05) is 0 Å². The fourth-order valence-corrected chi connectivity index (χ4v) is 3.43. The highest BCUT2D eigenvalue weighted by Gasteiger charge is 2.45. The highest BCUT2D eigenvalue weighted by molar-refractivity contribution is 5.72. The molecule has 4 atom stereocenters. The van der Waals surface area contributed by atoms with E-state index < -0.39 is 42.4 Å². The van der Waals surface area contributed by atoms with Crippen molar-refractivity contribution in [2.45, 2.75) is 31.1 Å². The van der Waals surface area contributed by atoms with E-state index in [2.05, 4.69) is 9.97 Å². The lowest BCUT2D eigenvalue weighted by molar-refractivity contribution is -0.0527. The zero-order chi connectivity index (χ0) is 20.0. The van der Waals surface area contributed by atoms with Gasteiger partial charge in [-0.2, -0.15) is 4.98 Å². The Labute approximate surface area is 157 Å². The molecular formula is C17H19N5O6. The molecule has 28 heavy (non-hydrogen) atoms. The maximum atomic E-state index is 13.1. The molecule has 1 fully saturated rings. The molecule has 148 valence electrons. The van der Waals surface area contributed by atoms with Gasteiger partial charge < -0.3 is 25.8 Å². The van der Waals surface area contributed by atoms with Crippen LogP contribution in [-0.4, -0.2) is 59.3 Å². The molecule has 6 N–H and O–H groups in total. The summed E-state index contributed by atoms with van der Waals surface area (Å²) in [6.45, 7) is -0.477. The Bertz CT molecular complexity index is 1120. The van der Waals surface area contributed by atoms with E-state index in [1.807, 2.05) is 6.07 Å². The van der Waals surface area contributed by atoms with E-state index in [9.17, 15) is 24.9 Å². The van der Waals surface area contributed by atoms with Crippen LogP contribution < -0.4 is 17.0 Å². The quantitative estimate of drug-likeness (QED) is 0.346. The Kier molecular flexibility index (Phi) is 4.51. The van der Waals surface area contributed by atoms with Crippen molar-refractivity contribution in [2.24, 2.45) is 0 Å². The summed E-state index contributed by atoms with van der Waals surface area (Å²) in [4.78, 5) is 32.1. The number of aliphatic hydroxyl groups excluding tert-OH is 3. The fraction of sp³-hybridized carbons (Fsp3) is 0.353. The van der Waals surface area contributed by atoms with Gasteiger partial charge in [0.2, 0.25) is 5.95 Å². The molecule has 1 saturated heterocycles. The minimum atomic E-state index is -1.51. The Morgan fingerprint density at radius 1 is 1.18 bits per heavy atom. The summed E-state index contributed by atoms with van der Waals surface area (Å²) >= 11 is 0. The summed E-state index contributed by atoms with van der Waals surface area (Å²) in [5, 5.41) is 29.7. The molecule has 2 aromatic heterocycles. The highest BCUT2D eigenvalue weighted by atomic mass is 16.6. The first kappa shape index (κ1) is 18.4. The van der Waals surface area contributed by atoms with E-state index in [1.165, 1.54) is 4.57 Å². The van der Waals surface area contributed by atoms with Crippen molar-refractivity contribution in [3.63, 3.8) is 0 Å². The van der Waals surface area contributed by atoms with E-state index in [0.717, 1.165) is 10.1 Å². The van der Waals surface area contributed by atoms with Crippen LogP contribution in [-0.2, 0) is 11.3 Å². The number of aliphatic hydroxyl groups is 3. The number of aromatic amines is 1. The van der Waals surface area contributed by atoms with Crippen LogP contribution in [0.4, 0.5) is 5.95 Å². The molecule has 11 heteroatoms. The first-order chi connectivity index (χ1) is 13.4. The molecule has 0 aliphatic carbocycles. The molecule has 0 bridgehead atoms. The lowest BCUT2D eigenvalue weighted by Gasteiger charge is -2.15. The Hall–Kier alpha value is -2.99. The number of hydrogen-bond acceptors (Lipinski definition) is 8. The van der Waals surface area contributed by atoms with Crippen molar-refractivity contribution in [3.05, 3.63) is 56.7 Å². The Morgan fingerprint density at radius 3 is 2.54 bits per heavy atom. The van der Waals surface area contributed by atoms with Crippen molar-refractivity contribution in [1.29, 1.82) is 0 Å². The summed E-state index contributed by atoms with van der Waals surface area (Å²) in [5.41, 5.74) is 4.98. The summed E-state index contributed by atoms with van der Waals surface area (Å²) in [6.07, 6.45) is -5.34. The number of imidazole rings is 1. The number of rotatable bonds is 4. The van der Waals surface area contributed by atoms with Gasteiger partial charge in [-0.05, 0) is 5.56 Å². The molecule has 11 nitrogen and oxygen atoms in total. The number of hydrogen-bond donors (Lipinski definition) is 5. The van der Waals surface area contributed by atoms with Crippen LogP contribution in [0.3, 0.4) is 0 Å². The van der Waals surface area contributed by atoms with Crippen molar-refractivity contribution in [2.75, 3.05) is 12.3 Å². The fourth-order valence-electron chi connectivity index (χ4n) is 3.43. The lowest BCUT2D eigenvalue weighted by atomic mass is 10.1. The number of benzene rings is 1. The average Bonchev–Trinajstić information content (AvgIpc) is 3.10. The van der Waals surface area contributed by atoms with Gasteiger partial charge >= 0.3 is 5.69 Å². The van der Waals surface area contributed by atoms with Crippen LogP contribution in [0.25, 0.3) is 11.2 Å². The van der Waals surface area contributed by atoms with Gasteiger partial charge in [-0.3, -0.25) is 14.3 Å². The van der Waals surface area contributed by atoms with Crippen LogP contribution in [0.5, 0.6) is 0 Å². The van der Waals surface area contributed by atoms with Crippen LogP contribution in [0, 0.1) is 0 Å². The number of nitrogens with one attached hydrogen (secondary N) is 1. The third-order valence-corrected chi connectivity index (χ3v) is 4.79. The maximum absolute atomic E-state index is 13.1. The maximum Gasteiger partial charge on any atom is 0.333 e. The number of nitrogens with zero attached hydrogens (tertiary/aromatic N) is 3. The van der Waals surface area contributed by atoms with E-state index in [-0.39, 0.29) is 23.7 Å². The molecule has 0 amide bonds. The van der Waals surface area contributed by atoms with E-state index in [1.54, 1.807) is 24.3 Å². The third kappa shape index (κ3) is 2.81. The molecule has 0 spiro atoms. The zero-order valence-electron chi connectivity index (χ0n) is 14.6. The van der Waals surface area contributed by atoms with Gasteiger partial charge in [-0.25, -0.2) is 9.36 Å². The number of fused-ring (bicyclic) bond motifs is 1. The zero-order valence-corrected chi connectivity index (χ0v) is 14.6. The topological polar surface area (TPSA) is 169 Å². The highest BCUT2D eigenvalue weighted by Crippen LogP contribution is 2.30. The molecule has 4 rings (SSSR count). The average molecular weight is 389 g/mol. The number of H-pyrrole nitrogens is 1. The Balaban J connectivity index is 1.94. The van der Waals surface area contributed by atoms with Gasteiger partial charge in [0.15, 0.2) is 17.4 Å². The molecule has 1 aromatic carbocycles. The monoisotopic (exact) mass is 389 g/mol. The molecule has 3 heterocycles. The second-order valence-corrected chi connectivity index (χ2v) is 6.58. The normalized spacial score (nSPS) is 24.8. The first-order valence-electron chi connectivity index (χ1n) is 8.59. The number of anilines is 1. The smallest absolute Gasteiger partial charge is 0.333 e.